The minimum absolute atomic E-state index is 0.0716. The number of anilines is 1. The second-order valence-electron chi connectivity index (χ2n) is 12.8. The van der Waals surface area contributed by atoms with Gasteiger partial charge in [-0.25, -0.2) is 4.79 Å². The quantitative estimate of drug-likeness (QED) is 0.167. The Morgan fingerprint density at radius 2 is 1.51 bits per heavy atom. The summed E-state index contributed by atoms with van der Waals surface area (Å²) in [4.78, 5) is 15.1. The maximum atomic E-state index is 12.8. The predicted octanol–water partition coefficient (Wildman–Crippen LogP) is 8.02. The Hall–Kier alpha value is -3.33. The number of carbonyl (C=O) groups excluding carboxylic acids is 1. The van der Waals surface area contributed by atoms with Crippen LogP contribution in [0.25, 0.3) is 11.1 Å². The molecule has 0 radical (unpaired) electrons. The first-order valence-corrected chi connectivity index (χ1v) is 18.3. The number of hydrogen-bond acceptors (Lipinski definition) is 6. The number of nitrogens with one attached hydrogen (secondary N) is 1. The number of carbonyl (C=O) groups is 1. The van der Waals surface area contributed by atoms with Gasteiger partial charge in [-0.1, -0.05) is 63.2 Å². The zero-order valence-electron chi connectivity index (χ0n) is 26.7. The number of nitrogens with zero attached hydrogens (tertiary/aromatic N) is 1. The van der Waals surface area contributed by atoms with Crippen LogP contribution in [-0.2, 0) is 15.6 Å². The third-order valence-corrected chi connectivity index (χ3v) is 13.0. The Bertz CT molecular complexity index is 1300. The topological polar surface area (TPSA) is 69.3 Å². The maximum Gasteiger partial charge on any atom is 0.411 e. The third kappa shape index (κ3) is 9.84. The number of amides is 1. The molecule has 1 amide bonds. The van der Waals surface area contributed by atoms with Crippen LogP contribution in [0.2, 0.25) is 18.1 Å². The van der Waals surface area contributed by atoms with Gasteiger partial charge in [0.25, 0.3) is 0 Å². The fourth-order valence-electron chi connectivity index (χ4n) is 4.69. The molecule has 1 fully saturated rings. The summed E-state index contributed by atoms with van der Waals surface area (Å²) in [6.07, 6.45) is 2.05. The van der Waals surface area contributed by atoms with E-state index >= 15 is 0 Å². The SMILES string of the molecule is CN1CCC(OC(=O)Nc2cc(OCCOc3ccc(CCO[Si](C)(C)C(C)(C)C)cc3)ccc2-c2ccccc2)CC1. The van der Waals surface area contributed by atoms with Crippen LogP contribution in [0.3, 0.4) is 0 Å². The van der Waals surface area contributed by atoms with Gasteiger partial charge in [-0.05, 0) is 79.8 Å². The zero-order valence-corrected chi connectivity index (χ0v) is 27.7. The predicted molar refractivity (Wildman–Crippen MR) is 177 cm³/mol. The molecule has 0 saturated carbocycles. The van der Waals surface area contributed by atoms with Crippen LogP contribution in [0, 0.1) is 0 Å². The second-order valence-corrected chi connectivity index (χ2v) is 17.6. The normalized spacial score (nSPS) is 14.7. The van der Waals surface area contributed by atoms with Gasteiger partial charge in [-0.3, -0.25) is 5.32 Å². The lowest BCUT2D eigenvalue weighted by atomic mass is 10.0. The van der Waals surface area contributed by atoms with Gasteiger partial charge < -0.3 is 23.5 Å². The van der Waals surface area contributed by atoms with E-state index < -0.39 is 14.4 Å². The molecule has 0 spiro atoms. The average molecular weight is 605 g/mol. The molecular weight excluding hydrogens is 556 g/mol. The van der Waals surface area contributed by atoms with E-state index in [4.69, 9.17) is 18.6 Å². The van der Waals surface area contributed by atoms with Gasteiger partial charge in [0.05, 0.1) is 5.69 Å². The molecule has 0 aromatic heterocycles. The van der Waals surface area contributed by atoms with Gasteiger partial charge in [-0.2, -0.15) is 0 Å². The Morgan fingerprint density at radius 1 is 0.884 bits per heavy atom. The van der Waals surface area contributed by atoms with Gasteiger partial charge in [0.1, 0.15) is 30.8 Å². The zero-order chi connectivity index (χ0) is 30.9. The van der Waals surface area contributed by atoms with Crippen molar-refractivity contribution >= 4 is 20.1 Å². The van der Waals surface area contributed by atoms with Gasteiger partial charge in [-0.15, -0.1) is 0 Å². The first-order valence-electron chi connectivity index (χ1n) is 15.3. The van der Waals surface area contributed by atoms with Crippen molar-refractivity contribution in [3.05, 3.63) is 78.4 Å². The van der Waals surface area contributed by atoms with Crippen molar-refractivity contribution in [3.8, 4) is 22.6 Å². The van der Waals surface area contributed by atoms with E-state index in [1.807, 2.05) is 60.7 Å². The number of likely N-dealkylation sites (tertiary alicyclic amines) is 1. The fourth-order valence-corrected chi connectivity index (χ4v) is 5.74. The summed E-state index contributed by atoms with van der Waals surface area (Å²) in [7, 11) is 0.356. The summed E-state index contributed by atoms with van der Waals surface area (Å²) < 4.78 is 24.0. The molecule has 4 rings (SSSR count). The first-order chi connectivity index (χ1) is 20.5. The van der Waals surface area contributed by atoms with Crippen molar-refractivity contribution in [1.29, 1.82) is 0 Å². The molecular formula is C35H48N2O5Si. The van der Waals surface area contributed by atoms with Crippen LogP contribution < -0.4 is 14.8 Å². The first kappa shape index (κ1) is 32.6. The summed E-state index contributed by atoms with van der Waals surface area (Å²) in [5, 5.41) is 3.18. The minimum atomic E-state index is -1.73. The van der Waals surface area contributed by atoms with Gasteiger partial charge in [0, 0.05) is 31.3 Å². The molecule has 7 nitrogen and oxygen atoms in total. The summed E-state index contributed by atoms with van der Waals surface area (Å²) in [6.45, 7) is 14.7. The number of hydrogen-bond donors (Lipinski definition) is 1. The van der Waals surface area contributed by atoms with Crippen molar-refractivity contribution in [2.45, 2.75) is 64.3 Å². The molecule has 1 saturated heterocycles. The molecule has 1 aliphatic heterocycles. The van der Waals surface area contributed by atoms with Crippen molar-refractivity contribution in [1.82, 2.24) is 4.90 Å². The van der Waals surface area contributed by atoms with Crippen LogP contribution >= 0.6 is 0 Å². The maximum absolute atomic E-state index is 12.8. The van der Waals surface area contributed by atoms with E-state index in [-0.39, 0.29) is 11.1 Å². The largest absolute Gasteiger partial charge is 0.490 e. The van der Waals surface area contributed by atoms with Crippen molar-refractivity contribution in [3.63, 3.8) is 0 Å². The van der Waals surface area contributed by atoms with E-state index in [9.17, 15) is 4.79 Å². The number of rotatable bonds is 12. The highest BCUT2D eigenvalue weighted by Crippen LogP contribution is 2.36. The molecule has 0 atom stereocenters. The highest BCUT2D eigenvalue weighted by Gasteiger charge is 2.36. The van der Waals surface area contributed by atoms with Gasteiger partial charge >= 0.3 is 6.09 Å². The summed E-state index contributed by atoms with van der Waals surface area (Å²) in [5.74, 6) is 1.45. The molecule has 0 aliphatic carbocycles. The molecule has 3 aromatic carbocycles. The van der Waals surface area contributed by atoms with Crippen LogP contribution in [0.4, 0.5) is 10.5 Å². The third-order valence-electron chi connectivity index (χ3n) is 8.46. The molecule has 1 aliphatic rings. The lowest BCUT2D eigenvalue weighted by molar-refractivity contribution is 0.0662. The Morgan fingerprint density at radius 3 is 2.16 bits per heavy atom. The molecule has 1 N–H and O–H groups in total. The van der Waals surface area contributed by atoms with E-state index in [1.165, 1.54) is 5.56 Å². The summed E-state index contributed by atoms with van der Waals surface area (Å²) in [6, 6.07) is 23.9. The highest BCUT2D eigenvalue weighted by atomic mass is 28.4. The summed E-state index contributed by atoms with van der Waals surface area (Å²) in [5.41, 5.74) is 3.78. The molecule has 43 heavy (non-hydrogen) atoms. The smallest absolute Gasteiger partial charge is 0.411 e. The van der Waals surface area contributed by atoms with Crippen molar-refractivity contribution in [2.75, 3.05) is 45.3 Å². The van der Waals surface area contributed by atoms with Crippen molar-refractivity contribution in [2.24, 2.45) is 0 Å². The van der Waals surface area contributed by atoms with E-state index in [0.29, 0.717) is 24.7 Å². The van der Waals surface area contributed by atoms with E-state index in [1.54, 1.807) is 0 Å². The second kappa shape index (κ2) is 14.9. The van der Waals surface area contributed by atoms with Crippen LogP contribution in [0.1, 0.15) is 39.2 Å². The lowest BCUT2D eigenvalue weighted by Gasteiger charge is -2.36. The van der Waals surface area contributed by atoms with E-state index in [0.717, 1.165) is 55.8 Å². The van der Waals surface area contributed by atoms with Crippen LogP contribution in [-0.4, -0.2) is 65.4 Å². The number of piperidine rings is 1. The standard InChI is InChI=1S/C35H48N2O5Si/c1-35(2,3)43(5,6)41-23-20-27-12-14-29(15-13-27)39-24-25-40-31-16-17-32(28-10-8-7-9-11-28)33(26-31)36-34(38)42-30-18-21-37(4)22-19-30/h7-17,26,30H,18-25H2,1-6H3,(H,36,38). The molecule has 8 heteroatoms. The molecule has 0 unspecified atom stereocenters. The molecule has 3 aromatic rings. The molecule has 232 valence electrons. The van der Waals surface area contributed by atoms with Crippen molar-refractivity contribution < 1.29 is 23.4 Å². The number of ether oxygens (including phenoxy) is 3. The molecule has 1 heterocycles. The number of benzene rings is 3. The van der Waals surface area contributed by atoms with Crippen LogP contribution in [0.15, 0.2) is 72.8 Å². The Balaban J connectivity index is 1.28. The van der Waals surface area contributed by atoms with Gasteiger partial charge in [0.2, 0.25) is 0 Å². The Labute approximate surface area is 258 Å². The molecule has 0 bridgehead atoms. The fraction of sp³-hybridized carbons (Fsp3) is 0.457. The average Bonchev–Trinajstić information content (AvgIpc) is 2.97. The lowest BCUT2D eigenvalue weighted by Crippen LogP contribution is -2.41. The minimum Gasteiger partial charge on any atom is -0.490 e. The monoisotopic (exact) mass is 604 g/mol. The highest BCUT2D eigenvalue weighted by molar-refractivity contribution is 6.74. The van der Waals surface area contributed by atoms with E-state index in [2.05, 4.69) is 63.3 Å². The summed E-state index contributed by atoms with van der Waals surface area (Å²) >= 11 is 0. The van der Waals surface area contributed by atoms with Crippen LogP contribution in [0.5, 0.6) is 11.5 Å². The van der Waals surface area contributed by atoms with Gasteiger partial charge in [0.15, 0.2) is 8.32 Å². The Kier molecular flexibility index (Phi) is 11.3.